The molecule has 3 aromatic rings. The van der Waals surface area contributed by atoms with Crippen LogP contribution in [0.1, 0.15) is 23.6 Å². The van der Waals surface area contributed by atoms with Gasteiger partial charge in [-0.2, -0.15) is 0 Å². The summed E-state index contributed by atoms with van der Waals surface area (Å²) in [5.41, 5.74) is 3.57. The number of methoxy groups -OCH3 is 1. The van der Waals surface area contributed by atoms with Crippen LogP contribution < -0.4 is 20.0 Å². The first-order valence-electron chi connectivity index (χ1n) is 8.86. The molecule has 2 aromatic carbocycles. The van der Waals surface area contributed by atoms with Gasteiger partial charge in [-0.3, -0.25) is 4.90 Å². The molecule has 0 fully saturated rings. The predicted octanol–water partition coefficient (Wildman–Crippen LogP) is 2.30. The Balaban J connectivity index is 1.66. The number of hydrogen-bond acceptors (Lipinski definition) is 4. The van der Waals surface area contributed by atoms with Crippen molar-refractivity contribution in [2.75, 3.05) is 13.8 Å². The van der Waals surface area contributed by atoms with Gasteiger partial charge in [-0.15, -0.1) is 0 Å². The Bertz CT molecular complexity index is 991. The van der Waals surface area contributed by atoms with E-state index in [1.54, 1.807) is 13.2 Å². The van der Waals surface area contributed by atoms with Gasteiger partial charge in [-0.1, -0.05) is 6.92 Å². The van der Waals surface area contributed by atoms with Crippen LogP contribution in [0.3, 0.4) is 0 Å². The number of quaternary nitrogens is 1. The Labute approximate surface area is 151 Å². The molecule has 1 aromatic heterocycles. The molecule has 1 unspecified atom stereocenters. The standard InChI is InChI=1S/C21H21NO4/c1-3-15-10-20(23)26-21-17(15)8-9-19-18(21)12-22(13-25-19)11-14-4-6-16(24-2)7-5-14/h4-10H,3,11-13H2,1-2H3/p+1. The van der Waals surface area contributed by atoms with E-state index in [-0.39, 0.29) is 5.63 Å². The van der Waals surface area contributed by atoms with Crippen LogP contribution in [-0.2, 0) is 19.5 Å². The third-order valence-electron chi connectivity index (χ3n) is 4.91. The molecule has 1 N–H and O–H groups in total. The normalized spacial score (nSPS) is 16.2. The largest absolute Gasteiger partial charge is 0.497 e. The smallest absolute Gasteiger partial charge is 0.336 e. The average Bonchev–Trinajstić information content (AvgIpc) is 2.68. The zero-order chi connectivity index (χ0) is 18.1. The summed E-state index contributed by atoms with van der Waals surface area (Å²) >= 11 is 0. The van der Waals surface area contributed by atoms with Gasteiger partial charge in [0.15, 0.2) is 5.58 Å². The first kappa shape index (κ1) is 16.7. The minimum atomic E-state index is -0.301. The van der Waals surface area contributed by atoms with Crippen LogP contribution in [0.25, 0.3) is 11.0 Å². The average molecular weight is 352 g/mol. The second-order valence-corrected chi connectivity index (χ2v) is 6.60. The van der Waals surface area contributed by atoms with Crippen molar-refractivity contribution >= 4 is 11.0 Å². The lowest BCUT2D eigenvalue weighted by Crippen LogP contribution is -3.10. The summed E-state index contributed by atoms with van der Waals surface area (Å²) in [6.07, 6.45) is 0.796. The van der Waals surface area contributed by atoms with Crippen molar-refractivity contribution in [1.82, 2.24) is 0 Å². The Kier molecular flexibility index (Phi) is 4.39. The van der Waals surface area contributed by atoms with Gasteiger partial charge in [0, 0.05) is 17.0 Å². The van der Waals surface area contributed by atoms with E-state index in [1.807, 2.05) is 31.2 Å². The molecule has 134 valence electrons. The van der Waals surface area contributed by atoms with Crippen molar-refractivity contribution in [1.29, 1.82) is 0 Å². The highest BCUT2D eigenvalue weighted by Crippen LogP contribution is 2.30. The zero-order valence-electron chi connectivity index (χ0n) is 15.0. The van der Waals surface area contributed by atoms with Crippen LogP contribution in [0.15, 0.2) is 51.7 Å². The Morgan fingerprint density at radius 1 is 1.15 bits per heavy atom. The highest BCUT2D eigenvalue weighted by molar-refractivity contribution is 5.85. The number of ether oxygens (including phenoxy) is 2. The minimum Gasteiger partial charge on any atom is -0.497 e. The van der Waals surface area contributed by atoms with Crippen LogP contribution in [-0.4, -0.2) is 13.8 Å². The van der Waals surface area contributed by atoms with E-state index in [1.165, 1.54) is 10.5 Å². The van der Waals surface area contributed by atoms with E-state index in [2.05, 4.69) is 12.1 Å². The zero-order valence-corrected chi connectivity index (χ0v) is 15.0. The van der Waals surface area contributed by atoms with Gasteiger partial charge in [0.25, 0.3) is 0 Å². The molecule has 5 heteroatoms. The van der Waals surface area contributed by atoms with E-state index in [4.69, 9.17) is 13.9 Å². The molecule has 0 amide bonds. The second-order valence-electron chi connectivity index (χ2n) is 6.60. The maximum absolute atomic E-state index is 12.0. The number of aryl methyl sites for hydroxylation is 1. The highest BCUT2D eigenvalue weighted by atomic mass is 16.5. The van der Waals surface area contributed by atoms with E-state index in [0.717, 1.165) is 47.5 Å². The fourth-order valence-electron chi connectivity index (χ4n) is 3.55. The summed E-state index contributed by atoms with van der Waals surface area (Å²) in [5, 5.41) is 1.00. The Hall–Kier alpha value is -2.79. The molecule has 2 heterocycles. The van der Waals surface area contributed by atoms with Gasteiger partial charge in [-0.25, -0.2) is 4.79 Å². The van der Waals surface area contributed by atoms with Crippen molar-refractivity contribution in [3.8, 4) is 11.5 Å². The molecular formula is C21H22NO4+. The molecule has 1 atom stereocenters. The quantitative estimate of drug-likeness (QED) is 0.732. The van der Waals surface area contributed by atoms with Crippen molar-refractivity contribution in [3.05, 3.63) is 69.6 Å². The van der Waals surface area contributed by atoms with Gasteiger partial charge >= 0.3 is 5.63 Å². The molecule has 0 radical (unpaired) electrons. The predicted molar refractivity (Wildman–Crippen MR) is 98.7 cm³/mol. The van der Waals surface area contributed by atoms with Gasteiger partial charge in [0.1, 0.15) is 24.6 Å². The van der Waals surface area contributed by atoms with E-state index in [9.17, 15) is 4.79 Å². The fraction of sp³-hybridized carbons (Fsp3) is 0.286. The van der Waals surface area contributed by atoms with Crippen molar-refractivity contribution < 1.29 is 18.8 Å². The number of hydrogen-bond donors (Lipinski definition) is 1. The molecule has 1 aliphatic rings. The molecular weight excluding hydrogens is 330 g/mol. The van der Waals surface area contributed by atoms with Crippen molar-refractivity contribution in [2.24, 2.45) is 0 Å². The summed E-state index contributed by atoms with van der Waals surface area (Å²) in [4.78, 5) is 13.2. The van der Waals surface area contributed by atoms with Crippen LogP contribution in [0, 0.1) is 0 Å². The first-order chi connectivity index (χ1) is 12.7. The molecule has 4 rings (SSSR count). The molecule has 0 saturated heterocycles. The number of nitrogens with one attached hydrogen (secondary N) is 1. The van der Waals surface area contributed by atoms with E-state index in [0.29, 0.717) is 12.3 Å². The summed E-state index contributed by atoms with van der Waals surface area (Å²) < 4.78 is 16.7. The fourth-order valence-corrected chi connectivity index (χ4v) is 3.55. The summed E-state index contributed by atoms with van der Waals surface area (Å²) in [6, 6.07) is 13.6. The third kappa shape index (κ3) is 3.06. The third-order valence-corrected chi connectivity index (χ3v) is 4.91. The minimum absolute atomic E-state index is 0.301. The second kappa shape index (κ2) is 6.84. The van der Waals surface area contributed by atoms with E-state index < -0.39 is 0 Å². The lowest BCUT2D eigenvalue weighted by molar-refractivity contribution is -0.945. The number of benzene rings is 2. The molecule has 0 spiro atoms. The molecule has 1 aliphatic heterocycles. The topological polar surface area (TPSA) is 53.1 Å². The summed E-state index contributed by atoms with van der Waals surface area (Å²) in [7, 11) is 1.67. The molecule has 26 heavy (non-hydrogen) atoms. The van der Waals surface area contributed by atoms with Crippen LogP contribution in [0.2, 0.25) is 0 Å². The lowest BCUT2D eigenvalue weighted by Gasteiger charge is -2.26. The summed E-state index contributed by atoms with van der Waals surface area (Å²) in [6.45, 7) is 4.22. The van der Waals surface area contributed by atoms with Gasteiger partial charge in [0.05, 0.1) is 12.7 Å². The van der Waals surface area contributed by atoms with Gasteiger partial charge in [0.2, 0.25) is 6.73 Å². The number of fused-ring (bicyclic) bond motifs is 3. The van der Waals surface area contributed by atoms with Crippen LogP contribution in [0.5, 0.6) is 11.5 Å². The molecule has 0 saturated carbocycles. The summed E-state index contributed by atoms with van der Waals surface area (Å²) in [5.74, 6) is 1.66. The van der Waals surface area contributed by atoms with E-state index >= 15 is 0 Å². The maximum atomic E-state index is 12.0. The van der Waals surface area contributed by atoms with Crippen LogP contribution >= 0.6 is 0 Å². The maximum Gasteiger partial charge on any atom is 0.336 e. The van der Waals surface area contributed by atoms with Gasteiger partial charge < -0.3 is 13.9 Å². The molecule has 5 nitrogen and oxygen atoms in total. The lowest BCUT2D eigenvalue weighted by atomic mass is 10.0. The van der Waals surface area contributed by atoms with Crippen molar-refractivity contribution in [2.45, 2.75) is 26.4 Å². The Morgan fingerprint density at radius 2 is 1.96 bits per heavy atom. The highest BCUT2D eigenvalue weighted by Gasteiger charge is 2.25. The molecule has 0 aliphatic carbocycles. The monoisotopic (exact) mass is 352 g/mol. The van der Waals surface area contributed by atoms with Crippen LogP contribution in [0.4, 0.5) is 0 Å². The van der Waals surface area contributed by atoms with Crippen molar-refractivity contribution in [3.63, 3.8) is 0 Å². The SMILES string of the molecule is CCc1cc(=O)oc2c3c(ccc12)OC[NH+](Cc1ccc(OC)cc1)C3. The molecule has 0 bridgehead atoms. The first-order valence-corrected chi connectivity index (χ1v) is 8.86. The number of rotatable bonds is 4. The Morgan fingerprint density at radius 3 is 2.69 bits per heavy atom. The van der Waals surface area contributed by atoms with Gasteiger partial charge in [-0.05, 0) is 48.4 Å².